The van der Waals surface area contributed by atoms with Crippen LogP contribution < -0.4 is 6.15 Å². The molecule has 5 N–H and O–H groups in total. The topological polar surface area (TPSA) is 101 Å². The first kappa shape index (κ1) is 38.3. The van der Waals surface area contributed by atoms with Gasteiger partial charge in [-0.2, -0.15) is 83.4 Å². The van der Waals surface area contributed by atoms with Crippen LogP contribution >= 0.6 is 11.6 Å². The molecule has 3 atom stereocenters. The number of rotatable bonds is 10. The van der Waals surface area contributed by atoms with Crippen molar-refractivity contribution in [2.75, 3.05) is 0 Å². The normalized spacial score (nSPS) is 19.6. The first-order valence-corrected chi connectivity index (χ1v) is 7.75. The molecule has 3 unspecified atom stereocenters. The van der Waals surface area contributed by atoms with E-state index in [1.165, 1.54) is 14.2 Å². The van der Waals surface area contributed by atoms with Crippen LogP contribution in [-0.4, -0.2) is 70.9 Å². The third-order valence-corrected chi connectivity index (χ3v) is 3.68. The Bertz CT molecular complexity index is 854. The molecule has 0 saturated carbocycles. The number of aliphatic carboxylic acids is 1. The summed E-state index contributed by atoms with van der Waals surface area (Å²) in [5, 5.41) is 0.598. The van der Waals surface area contributed by atoms with Gasteiger partial charge in [0, 0.05) is 0 Å². The molecule has 27 heteroatoms. The number of carbonyl (C=O) groups is 1. The fourth-order valence-corrected chi connectivity index (χ4v) is 1.52. The summed E-state index contributed by atoms with van der Waals surface area (Å²) in [5.74, 6) is -20.8. The predicted molar refractivity (Wildman–Crippen MR) is 72.2 cm³/mol. The fourth-order valence-electron chi connectivity index (χ4n) is 1.48. The second-order valence-corrected chi connectivity index (χ2v) is 6.46. The molecule has 0 aliphatic rings. The Morgan fingerprint density at radius 3 is 1.00 bits per heavy atom. The molecule has 0 aliphatic heterocycles. The predicted octanol–water partition coefficient (Wildman–Crippen LogP) is 6.79. The number of ether oxygens (including phenoxy) is 3. The van der Waals surface area contributed by atoms with Crippen molar-refractivity contribution in [2.45, 2.75) is 59.8 Å². The zero-order valence-electron chi connectivity index (χ0n) is 16.5. The summed E-state index contributed by atoms with van der Waals surface area (Å²) in [6, 6.07) is 0. The standard InChI is InChI=1S/C11HClF20O5.H3N/c12-3(15,6(18,19)20)9(27,28)36-5(17,8(24,25)26)11(31,32)37-4(16,7(21,22)23)10(29,30)35-2(13,14)1(33)34;/h(H,33,34);1H3/p+1. The Kier molecular flexibility index (Phi) is 10.1. The molecule has 0 heterocycles. The smallest absolute Gasteiger partial charge is 0.460 e. The Morgan fingerprint density at radius 1 is 0.500 bits per heavy atom. The Balaban J connectivity index is 0. The largest absolute Gasteiger partial charge is 0.475 e. The lowest BCUT2D eigenvalue weighted by molar-refractivity contribution is -0.571. The van der Waals surface area contributed by atoms with E-state index in [9.17, 15) is 92.6 Å². The van der Waals surface area contributed by atoms with E-state index < -0.39 is 65.8 Å². The van der Waals surface area contributed by atoms with Gasteiger partial charge in [0.2, 0.25) is 0 Å². The van der Waals surface area contributed by atoms with Crippen LogP contribution in [0.5, 0.6) is 0 Å². The summed E-state index contributed by atoms with van der Waals surface area (Å²) in [6.45, 7) is 0. The van der Waals surface area contributed by atoms with Crippen molar-refractivity contribution in [2.24, 2.45) is 0 Å². The minimum Gasteiger partial charge on any atom is -0.475 e. The maximum absolute atomic E-state index is 13.9. The van der Waals surface area contributed by atoms with Crippen LogP contribution in [0.3, 0.4) is 0 Å². The van der Waals surface area contributed by atoms with E-state index in [-0.39, 0.29) is 6.15 Å². The zero-order valence-corrected chi connectivity index (χ0v) is 17.3. The second-order valence-electron chi connectivity index (χ2n) is 5.94. The summed E-state index contributed by atoms with van der Waals surface area (Å²) < 4.78 is 263. The Morgan fingerprint density at radius 2 is 0.763 bits per heavy atom. The number of alkyl halides is 21. The Labute approximate surface area is 196 Å². The summed E-state index contributed by atoms with van der Waals surface area (Å²) in [4.78, 5) is 9.93. The molecule has 0 spiro atoms. The average molecular weight is 647 g/mol. The Hall–Kier alpha value is -1.80. The van der Waals surface area contributed by atoms with Crippen molar-refractivity contribution in [3.63, 3.8) is 0 Å². The van der Waals surface area contributed by atoms with Crippen LogP contribution in [0.15, 0.2) is 0 Å². The maximum atomic E-state index is 13.9. The maximum Gasteiger partial charge on any atom is 0.460 e. The number of carboxylic acid groups (broad SMARTS) is 1. The van der Waals surface area contributed by atoms with Crippen LogP contribution in [0.25, 0.3) is 0 Å². The zero-order chi connectivity index (χ0) is 30.7. The molecule has 6 nitrogen and oxygen atoms in total. The molecule has 0 aromatic heterocycles. The lowest BCUT2D eigenvalue weighted by atomic mass is 10.2. The van der Waals surface area contributed by atoms with Crippen molar-refractivity contribution in [1.29, 1.82) is 0 Å². The van der Waals surface area contributed by atoms with E-state index in [4.69, 9.17) is 5.11 Å². The van der Waals surface area contributed by atoms with Crippen LogP contribution in [-0.2, 0) is 19.0 Å². The van der Waals surface area contributed by atoms with Gasteiger partial charge in [-0.1, -0.05) is 11.6 Å². The van der Waals surface area contributed by atoms with E-state index in [1.807, 2.05) is 0 Å². The molecular formula is C11H5ClF20NO5+. The summed E-state index contributed by atoms with van der Waals surface area (Å²) in [6.07, 6.45) is -54.8. The molecule has 0 rings (SSSR count). The van der Waals surface area contributed by atoms with Gasteiger partial charge in [0.25, 0.3) is 0 Å². The molecular weight excluding hydrogens is 642 g/mol. The summed E-state index contributed by atoms with van der Waals surface area (Å²) in [7, 11) is 0. The highest BCUT2D eigenvalue weighted by Crippen LogP contribution is 2.59. The van der Waals surface area contributed by atoms with Crippen LogP contribution in [0.1, 0.15) is 0 Å². The van der Waals surface area contributed by atoms with Crippen LogP contribution in [0.2, 0.25) is 0 Å². The molecule has 0 aromatic rings. The van der Waals surface area contributed by atoms with Crippen molar-refractivity contribution >= 4 is 17.6 Å². The van der Waals surface area contributed by atoms with E-state index in [2.05, 4.69) is 11.6 Å². The van der Waals surface area contributed by atoms with Crippen molar-refractivity contribution < 1.29 is 112 Å². The van der Waals surface area contributed by atoms with E-state index in [0.29, 0.717) is 0 Å². The molecule has 0 saturated heterocycles. The minimum absolute atomic E-state index is 0. The quantitative estimate of drug-likeness (QED) is 0.201. The van der Waals surface area contributed by atoms with Gasteiger partial charge in [-0.15, -0.1) is 0 Å². The fraction of sp³-hybridized carbons (Fsp3) is 0.909. The number of hydrogen-bond acceptors (Lipinski definition) is 4. The van der Waals surface area contributed by atoms with Gasteiger partial charge in [-0.3, -0.25) is 9.47 Å². The SMILES string of the molecule is O=C(O)C(F)(F)OC(F)(F)C(F)(OC(F)(F)C(F)(OC(F)(F)C(F)(Cl)C(F)(F)F)C(F)(F)F)C(F)(F)F.[NH4+]. The molecule has 0 aromatic carbocycles. The van der Waals surface area contributed by atoms with E-state index in [1.54, 1.807) is 0 Å². The number of quaternary nitrogens is 1. The first-order valence-electron chi connectivity index (χ1n) is 7.37. The van der Waals surface area contributed by atoms with Crippen molar-refractivity contribution in [1.82, 2.24) is 6.15 Å². The van der Waals surface area contributed by atoms with Gasteiger partial charge >= 0.3 is 65.8 Å². The third kappa shape index (κ3) is 6.49. The highest BCUT2D eigenvalue weighted by Gasteiger charge is 2.87. The van der Waals surface area contributed by atoms with Gasteiger partial charge in [0.05, 0.1) is 0 Å². The molecule has 38 heavy (non-hydrogen) atoms. The van der Waals surface area contributed by atoms with E-state index in [0.717, 1.165) is 0 Å². The molecule has 0 radical (unpaired) electrons. The van der Waals surface area contributed by atoms with E-state index >= 15 is 0 Å². The highest BCUT2D eigenvalue weighted by molar-refractivity contribution is 6.24. The monoisotopic (exact) mass is 646 g/mol. The second kappa shape index (κ2) is 9.99. The molecule has 0 bridgehead atoms. The number of halogens is 21. The third-order valence-electron chi connectivity index (χ3n) is 3.24. The average Bonchev–Trinajstić information content (AvgIpc) is 2.56. The van der Waals surface area contributed by atoms with Gasteiger partial charge < -0.3 is 11.3 Å². The van der Waals surface area contributed by atoms with Gasteiger partial charge in [0.1, 0.15) is 0 Å². The van der Waals surface area contributed by atoms with Gasteiger partial charge in [-0.25, -0.2) is 13.9 Å². The molecule has 0 fully saturated rings. The molecule has 0 amide bonds. The number of hydrogen-bond donors (Lipinski definition) is 2. The summed E-state index contributed by atoms with van der Waals surface area (Å²) in [5.41, 5.74) is 0. The van der Waals surface area contributed by atoms with Gasteiger partial charge in [0.15, 0.2) is 0 Å². The minimum atomic E-state index is -8.48. The van der Waals surface area contributed by atoms with Crippen LogP contribution in [0, 0.1) is 0 Å². The number of carboxylic acids is 1. The van der Waals surface area contributed by atoms with Crippen LogP contribution in [0.4, 0.5) is 87.8 Å². The molecule has 0 aliphatic carbocycles. The van der Waals surface area contributed by atoms with Gasteiger partial charge in [-0.05, 0) is 0 Å². The van der Waals surface area contributed by atoms with Crippen molar-refractivity contribution in [3.05, 3.63) is 0 Å². The highest BCUT2D eigenvalue weighted by atomic mass is 35.5. The lowest BCUT2D eigenvalue weighted by Gasteiger charge is -2.42. The lowest BCUT2D eigenvalue weighted by Crippen LogP contribution is -2.70. The van der Waals surface area contributed by atoms with Crippen molar-refractivity contribution in [3.8, 4) is 0 Å². The summed E-state index contributed by atoms with van der Waals surface area (Å²) >= 11 is 3.47. The molecule has 230 valence electrons. The first-order chi connectivity index (χ1) is 15.6.